The maximum atomic E-state index is 9.82. The fourth-order valence-corrected chi connectivity index (χ4v) is 1.17. The molecule has 0 amide bonds. The highest BCUT2D eigenvalue weighted by Gasteiger charge is 2.19. The van der Waals surface area contributed by atoms with Gasteiger partial charge < -0.3 is 9.84 Å². The van der Waals surface area contributed by atoms with Crippen molar-refractivity contribution in [2.75, 3.05) is 13.2 Å². The SMILES string of the molecule is CCCCOCC(C)(O)CCCC. The molecule has 13 heavy (non-hydrogen) atoms. The van der Waals surface area contributed by atoms with Crippen molar-refractivity contribution in [3.8, 4) is 0 Å². The van der Waals surface area contributed by atoms with Gasteiger partial charge in [-0.2, -0.15) is 0 Å². The van der Waals surface area contributed by atoms with E-state index in [-0.39, 0.29) is 0 Å². The highest BCUT2D eigenvalue weighted by molar-refractivity contribution is 4.71. The zero-order chi connectivity index (χ0) is 10.2. The van der Waals surface area contributed by atoms with Gasteiger partial charge in [0, 0.05) is 6.61 Å². The maximum absolute atomic E-state index is 9.82. The Balaban J connectivity index is 3.39. The molecule has 2 nitrogen and oxygen atoms in total. The van der Waals surface area contributed by atoms with Crippen LogP contribution in [0.1, 0.15) is 52.9 Å². The zero-order valence-electron chi connectivity index (χ0n) is 9.31. The molecule has 2 heteroatoms. The van der Waals surface area contributed by atoms with E-state index in [4.69, 9.17) is 4.74 Å². The lowest BCUT2D eigenvalue weighted by molar-refractivity contribution is -0.0404. The highest BCUT2D eigenvalue weighted by Crippen LogP contribution is 2.13. The number of aliphatic hydroxyl groups is 1. The summed E-state index contributed by atoms with van der Waals surface area (Å²) in [5.74, 6) is 0. The minimum atomic E-state index is -0.621. The van der Waals surface area contributed by atoms with Gasteiger partial charge in [-0.25, -0.2) is 0 Å². The molecule has 1 atom stereocenters. The Kier molecular flexibility index (Phi) is 7.29. The Morgan fingerprint density at radius 2 is 1.77 bits per heavy atom. The third kappa shape index (κ3) is 8.26. The summed E-state index contributed by atoms with van der Waals surface area (Å²) in [5.41, 5.74) is -0.621. The smallest absolute Gasteiger partial charge is 0.0852 e. The largest absolute Gasteiger partial charge is 0.388 e. The lowest BCUT2D eigenvalue weighted by Gasteiger charge is -2.22. The first-order valence-electron chi connectivity index (χ1n) is 5.42. The van der Waals surface area contributed by atoms with Crippen LogP contribution in [-0.4, -0.2) is 23.9 Å². The fraction of sp³-hybridized carbons (Fsp3) is 1.00. The Morgan fingerprint density at radius 1 is 1.15 bits per heavy atom. The van der Waals surface area contributed by atoms with Gasteiger partial charge in [-0.3, -0.25) is 0 Å². The van der Waals surface area contributed by atoms with E-state index in [1.54, 1.807) is 0 Å². The van der Waals surface area contributed by atoms with Crippen molar-refractivity contribution >= 4 is 0 Å². The van der Waals surface area contributed by atoms with E-state index in [9.17, 15) is 5.11 Å². The quantitative estimate of drug-likeness (QED) is 0.593. The van der Waals surface area contributed by atoms with Gasteiger partial charge in [0.05, 0.1) is 12.2 Å². The second-order valence-electron chi connectivity index (χ2n) is 4.01. The van der Waals surface area contributed by atoms with Gasteiger partial charge in [-0.15, -0.1) is 0 Å². The van der Waals surface area contributed by atoms with Gasteiger partial charge in [0.15, 0.2) is 0 Å². The van der Waals surface area contributed by atoms with E-state index < -0.39 is 5.60 Å². The van der Waals surface area contributed by atoms with E-state index in [2.05, 4.69) is 13.8 Å². The molecule has 0 aromatic carbocycles. The summed E-state index contributed by atoms with van der Waals surface area (Å²) in [7, 11) is 0. The molecule has 0 radical (unpaired) electrons. The van der Waals surface area contributed by atoms with E-state index in [0.717, 1.165) is 38.7 Å². The first kappa shape index (κ1) is 12.9. The Labute approximate surface area is 82.3 Å². The van der Waals surface area contributed by atoms with Crippen molar-refractivity contribution in [2.45, 2.75) is 58.5 Å². The summed E-state index contributed by atoms with van der Waals surface area (Å²) in [6.45, 7) is 7.38. The second-order valence-corrected chi connectivity index (χ2v) is 4.01. The van der Waals surface area contributed by atoms with Crippen molar-refractivity contribution in [1.82, 2.24) is 0 Å². The average Bonchev–Trinajstić information content (AvgIpc) is 2.09. The van der Waals surface area contributed by atoms with Crippen LogP contribution in [0.4, 0.5) is 0 Å². The minimum absolute atomic E-state index is 0.479. The predicted molar refractivity (Wildman–Crippen MR) is 55.9 cm³/mol. The molecule has 0 aliphatic heterocycles. The molecule has 1 N–H and O–H groups in total. The molecule has 0 saturated heterocycles. The minimum Gasteiger partial charge on any atom is -0.388 e. The van der Waals surface area contributed by atoms with Gasteiger partial charge in [0.2, 0.25) is 0 Å². The summed E-state index contributed by atoms with van der Waals surface area (Å²) in [6, 6.07) is 0. The van der Waals surface area contributed by atoms with Crippen molar-refractivity contribution in [1.29, 1.82) is 0 Å². The van der Waals surface area contributed by atoms with Gasteiger partial charge in [0.1, 0.15) is 0 Å². The number of hydrogen-bond donors (Lipinski definition) is 1. The second kappa shape index (κ2) is 7.34. The Hall–Kier alpha value is -0.0800. The van der Waals surface area contributed by atoms with Crippen LogP contribution in [-0.2, 0) is 4.74 Å². The average molecular weight is 188 g/mol. The van der Waals surface area contributed by atoms with Crippen LogP contribution in [0.2, 0.25) is 0 Å². The van der Waals surface area contributed by atoms with E-state index in [0.29, 0.717) is 6.61 Å². The highest BCUT2D eigenvalue weighted by atomic mass is 16.5. The molecule has 0 rings (SSSR count). The molecule has 0 bridgehead atoms. The summed E-state index contributed by atoms with van der Waals surface area (Å²) in [5, 5.41) is 9.82. The van der Waals surface area contributed by atoms with Crippen LogP contribution in [0.25, 0.3) is 0 Å². The molecule has 0 heterocycles. The van der Waals surface area contributed by atoms with E-state index in [1.807, 2.05) is 6.92 Å². The number of hydrogen-bond acceptors (Lipinski definition) is 2. The first-order chi connectivity index (χ1) is 6.12. The van der Waals surface area contributed by atoms with Crippen LogP contribution in [0.3, 0.4) is 0 Å². The summed E-state index contributed by atoms with van der Waals surface area (Å²) < 4.78 is 5.39. The number of unbranched alkanes of at least 4 members (excludes halogenated alkanes) is 2. The molecule has 0 aliphatic carbocycles. The monoisotopic (exact) mass is 188 g/mol. The standard InChI is InChI=1S/C11H24O2/c1-4-6-8-11(3,12)10-13-9-7-5-2/h12H,4-10H2,1-3H3. The predicted octanol–water partition coefficient (Wildman–Crippen LogP) is 2.74. The number of rotatable bonds is 8. The maximum Gasteiger partial charge on any atom is 0.0852 e. The Bertz CT molecular complexity index is 111. The summed E-state index contributed by atoms with van der Waals surface area (Å²) in [6.07, 6.45) is 5.28. The van der Waals surface area contributed by atoms with Crippen molar-refractivity contribution in [3.63, 3.8) is 0 Å². The molecule has 0 aromatic heterocycles. The molecule has 1 unspecified atom stereocenters. The third-order valence-corrected chi connectivity index (χ3v) is 2.12. The molecular formula is C11H24O2. The fourth-order valence-electron chi connectivity index (χ4n) is 1.17. The van der Waals surface area contributed by atoms with Crippen molar-refractivity contribution in [3.05, 3.63) is 0 Å². The van der Waals surface area contributed by atoms with Crippen LogP contribution in [0, 0.1) is 0 Å². The van der Waals surface area contributed by atoms with Crippen LogP contribution in [0.15, 0.2) is 0 Å². The first-order valence-corrected chi connectivity index (χ1v) is 5.42. The molecular weight excluding hydrogens is 164 g/mol. The molecule has 0 spiro atoms. The van der Waals surface area contributed by atoms with E-state index in [1.165, 1.54) is 0 Å². The lowest BCUT2D eigenvalue weighted by Crippen LogP contribution is -2.30. The van der Waals surface area contributed by atoms with Gasteiger partial charge >= 0.3 is 0 Å². The van der Waals surface area contributed by atoms with Crippen LogP contribution in [0.5, 0.6) is 0 Å². The number of ether oxygens (including phenoxy) is 1. The molecule has 0 aromatic rings. The van der Waals surface area contributed by atoms with Crippen molar-refractivity contribution in [2.24, 2.45) is 0 Å². The van der Waals surface area contributed by atoms with Crippen LogP contribution >= 0.6 is 0 Å². The summed E-state index contributed by atoms with van der Waals surface area (Å²) >= 11 is 0. The molecule has 0 aliphatic rings. The summed E-state index contributed by atoms with van der Waals surface area (Å²) in [4.78, 5) is 0. The normalized spacial score (nSPS) is 15.7. The van der Waals surface area contributed by atoms with Gasteiger partial charge in [0.25, 0.3) is 0 Å². The molecule has 80 valence electrons. The van der Waals surface area contributed by atoms with Gasteiger partial charge in [-0.1, -0.05) is 33.1 Å². The van der Waals surface area contributed by atoms with E-state index >= 15 is 0 Å². The van der Waals surface area contributed by atoms with Crippen molar-refractivity contribution < 1.29 is 9.84 Å². The third-order valence-electron chi connectivity index (χ3n) is 2.12. The van der Waals surface area contributed by atoms with Gasteiger partial charge in [-0.05, 0) is 19.8 Å². The molecule has 0 saturated carbocycles. The zero-order valence-corrected chi connectivity index (χ0v) is 9.31. The molecule has 0 fully saturated rings. The topological polar surface area (TPSA) is 29.5 Å². The lowest BCUT2D eigenvalue weighted by atomic mass is 10.0. The Morgan fingerprint density at radius 3 is 2.31 bits per heavy atom. The van der Waals surface area contributed by atoms with Crippen LogP contribution < -0.4 is 0 Å².